The van der Waals surface area contributed by atoms with Crippen molar-refractivity contribution >= 4 is 11.7 Å². The highest BCUT2D eigenvalue weighted by atomic mass is 19.1. The summed E-state index contributed by atoms with van der Waals surface area (Å²) >= 11 is 0. The first-order chi connectivity index (χ1) is 13.4. The molecule has 1 aliphatic carbocycles. The number of hydrogen-bond acceptors (Lipinski definition) is 4. The Balaban J connectivity index is 1.95. The van der Waals surface area contributed by atoms with E-state index in [0.29, 0.717) is 29.2 Å². The number of hydrogen-bond donors (Lipinski definition) is 2. The molecule has 28 heavy (non-hydrogen) atoms. The molecule has 3 aliphatic rings. The van der Waals surface area contributed by atoms with Crippen molar-refractivity contribution in [3.8, 4) is 0 Å². The van der Waals surface area contributed by atoms with E-state index in [1.807, 2.05) is 4.90 Å². The van der Waals surface area contributed by atoms with Crippen LogP contribution in [0.5, 0.6) is 0 Å². The largest absolute Gasteiger partial charge is 0.479 e. The molecule has 0 amide bonds. The number of aryl methyl sites for hydroxylation is 2. The van der Waals surface area contributed by atoms with E-state index in [0.717, 1.165) is 36.0 Å². The normalized spacial score (nSPS) is 17.8. The summed E-state index contributed by atoms with van der Waals surface area (Å²) in [4.78, 5) is 17.7. The van der Waals surface area contributed by atoms with Crippen molar-refractivity contribution in [3.63, 3.8) is 0 Å². The zero-order chi connectivity index (χ0) is 20.0. The summed E-state index contributed by atoms with van der Waals surface area (Å²) in [5.41, 5.74) is 5.97. The van der Waals surface area contributed by atoms with Gasteiger partial charge in [0.15, 0.2) is 6.10 Å². The van der Waals surface area contributed by atoms with Crippen LogP contribution in [0.1, 0.15) is 34.4 Å². The van der Waals surface area contributed by atoms with Crippen molar-refractivity contribution in [2.75, 3.05) is 0 Å². The second-order valence-corrected chi connectivity index (χ2v) is 7.29. The number of aliphatic hydroxyl groups excluding tert-OH is 1. The topological polar surface area (TPSA) is 73.7 Å². The van der Waals surface area contributed by atoms with E-state index in [2.05, 4.69) is 17.6 Å². The average Bonchev–Trinajstić information content (AvgIpc) is 3.05. The highest BCUT2D eigenvalue weighted by Crippen LogP contribution is 2.40. The maximum absolute atomic E-state index is 14.4. The molecule has 0 spiro atoms. The van der Waals surface area contributed by atoms with Crippen molar-refractivity contribution in [1.82, 2.24) is 9.88 Å². The summed E-state index contributed by atoms with van der Waals surface area (Å²) in [6.07, 6.45) is 5.67. The molecule has 0 saturated heterocycles. The number of allylic oxidation sites excluding steroid dienone is 1. The lowest BCUT2D eigenvalue weighted by molar-refractivity contribution is -0.144. The summed E-state index contributed by atoms with van der Waals surface area (Å²) in [5, 5.41) is 19.1. The molecule has 3 heterocycles. The monoisotopic (exact) mass is 380 g/mol. The molecule has 5 nitrogen and oxygen atoms in total. The van der Waals surface area contributed by atoms with Crippen LogP contribution in [0.2, 0.25) is 0 Å². The van der Waals surface area contributed by atoms with Gasteiger partial charge in [0.05, 0.1) is 17.9 Å². The number of halogens is 1. The predicted octanol–water partition coefficient (Wildman–Crippen LogP) is 3.20. The van der Waals surface area contributed by atoms with Crippen LogP contribution >= 0.6 is 0 Å². The molecule has 0 saturated carbocycles. The lowest BCUT2D eigenvalue weighted by Gasteiger charge is -2.26. The Morgan fingerprint density at radius 2 is 2.07 bits per heavy atom. The van der Waals surface area contributed by atoms with Crippen LogP contribution in [0.3, 0.4) is 0 Å². The van der Waals surface area contributed by atoms with E-state index in [1.54, 1.807) is 19.1 Å². The molecule has 2 aliphatic heterocycles. The molecule has 2 N–H and O–H groups in total. The number of carboxylic acid groups (broad SMARTS) is 1. The fourth-order valence-corrected chi connectivity index (χ4v) is 3.98. The second kappa shape index (κ2) is 6.87. The minimum absolute atomic E-state index is 0.251. The minimum Gasteiger partial charge on any atom is -0.479 e. The molecule has 0 fully saturated rings. The number of nitrogens with zero attached hydrogens (tertiary/aromatic N) is 2. The molecule has 1 aromatic heterocycles. The van der Waals surface area contributed by atoms with Crippen molar-refractivity contribution in [3.05, 3.63) is 82.1 Å². The lowest BCUT2D eigenvalue weighted by atomic mass is 9.92. The first-order valence-electron chi connectivity index (χ1n) is 9.22. The number of aliphatic hydroxyl groups is 1. The number of carboxylic acids is 1. The fourth-order valence-electron chi connectivity index (χ4n) is 3.98. The summed E-state index contributed by atoms with van der Waals surface area (Å²) in [6.45, 7) is 6.37. The van der Waals surface area contributed by atoms with Crippen LogP contribution < -0.4 is 0 Å². The standard InChI is InChI=1S/C22H21FN2O3/c1-12-8-16(21(26)22(27)28)10-19-20-17(11-25(12)19)15-5-3-4-14(9-15)13(2)18(23)6-7-24-20/h6-10,21,26H,1,3-5,11H2,2H3,(H,27,28). The fraction of sp³-hybridized carbons (Fsp3) is 0.273. The number of fused-ring (bicyclic) bond motifs is 6. The van der Waals surface area contributed by atoms with Gasteiger partial charge in [0.25, 0.3) is 0 Å². The van der Waals surface area contributed by atoms with E-state index in [1.165, 1.54) is 12.3 Å². The molecular weight excluding hydrogens is 359 g/mol. The Kier molecular flexibility index (Phi) is 4.51. The van der Waals surface area contributed by atoms with Gasteiger partial charge in [-0.05, 0) is 66.7 Å². The number of rotatable bonds is 2. The second-order valence-electron chi connectivity index (χ2n) is 7.29. The molecular formula is C22H21FN2O3. The Labute approximate surface area is 162 Å². The van der Waals surface area contributed by atoms with Gasteiger partial charge in [-0.15, -0.1) is 0 Å². The van der Waals surface area contributed by atoms with Gasteiger partial charge in [0.2, 0.25) is 0 Å². The van der Waals surface area contributed by atoms with Crippen LogP contribution in [-0.4, -0.2) is 32.2 Å². The van der Waals surface area contributed by atoms with Gasteiger partial charge in [-0.25, -0.2) is 9.18 Å². The summed E-state index contributed by atoms with van der Waals surface area (Å²) < 4.78 is 14.4. The Morgan fingerprint density at radius 3 is 2.82 bits per heavy atom. The molecule has 6 heteroatoms. The third-order valence-electron chi connectivity index (χ3n) is 5.56. The van der Waals surface area contributed by atoms with Crippen molar-refractivity contribution in [2.45, 2.75) is 38.8 Å². The highest BCUT2D eigenvalue weighted by molar-refractivity contribution is 5.82. The Morgan fingerprint density at radius 1 is 1.32 bits per heavy atom. The van der Waals surface area contributed by atoms with Gasteiger partial charge in [0.1, 0.15) is 5.82 Å². The van der Waals surface area contributed by atoms with E-state index in [4.69, 9.17) is 5.11 Å². The third-order valence-corrected chi connectivity index (χ3v) is 5.56. The number of aromatic nitrogens is 1. The van der Waals surface area contributed by atoms with Crippen molar-refractivity contribution in [2.24, 2.45) is 0 Å². The minimum atomic E-state index is -1.64. The van der Waals surface area contributed by atoms with Gasteiger partial charge in [-0.3, -0.25) is 4.98 Å². The van der Waals surface area contributed by atoms with Crippen LogP contribution in [0.25, 0.3) is 5.70 Å². The summed E-state index contributed by atoms with van der Waals surface area (Å²) in [5.74, 6) is -1.63. The number of carbonyl (C=O) groups is 1. The molecule has 144 valence electrons. The third kappa shape index (κ3) is 2.99. The van der Waals surface area contributed by atoms with Gasteiger partial charge < -0.3 is 15.1 Å². The van der Waals surface area contributed by atoms with Crippen LogP contribution in [0, 0.1) is 12.7 Å². The molecule has 1 unspecified atom stereocenters. The summed E-state index contributed by atoms with van der Waals surface area (Å²) in [7, 11) is 0. The maximum atomic E-state index is 14.4. The average molecular weight is 380 g/mol. The first-order valence-corrected chi connectivity index (χ1v) is 9.22. The molecule has 4 rings (SSSR count). The van der Waals surface area contributed by atoms with E-state index < -0.39 is 12.1 Å². The Bertz CT molecular complexity index is 1020. The first kappa shape index (κ1) is 18.4. The predicted molar refractivity (Wildman–Crippen MR) is 103 cm³/mol. The SMILES string of the molecule is C=C1C=C(C(O)C(=O)O)C=C2c3nccc(F)c(C)c4cc(c3CN12)CCC4. The van der Waals surface area contributed by atoms with Crippen LogP contribution in [0.15, 0.2) is 48.3 Å². The smallest absolute Gasteiger partial charge is 0.337 e. The van der Waals surface area contributed by atoms with Gasteiger partial charge in [-0.1, -0.05) is 12.6 Å². The summed E-state index contributed by atoms with van der Waals surface area (Å²) in [6, 6.07) is 3.41. The highest BCUT2D eigenvalue weighted by Gasteiger charge is 2.32. The van der Waals surface area contributed by atoms with E-state index >= 15 is 0 Å². The molecule has 2 bridgehead atoms. The lowest BCUT2D eigenvalue weighted by Crippen LogP contribution is -2.25. The molecule has 0 radical (unpaired) electrons. The van der Waals surface area contributed by atoms with Crippen molar-refractivity contribution < 1.29 is 19.4 Å². The maximum Gasteiger partial charge on any atom is 0.337 e. The van der Waals surface area contributed by atoms with Crippen LogP contribution in [0.4, 0.5) is 4.39 Å². The zero-order valence-corrected chi connectivity index (χ0v) is 15.6. The quantitative estimate of drug-likeness (QED) is 0.824. The van der Waals surface area contributed by atoms with E-state index in [-0.39, 0.29) is 11.4 Å². The van der Waals surface area contributed by atoms with E-state index in [9.17, 15) is 14.3 Å². The van der Waals surface area contributed by atoms with Gasteiger partial charge in [-0.2, -0.15) is 0 Å². The molecule has 1 atom stereocenters. The van der Waals surface area contributed by atoms with Crippen molar-refractivity contribution in [1.29, 1.82) is 0 Å². The van der Waals surface area contributed by atoms with Gasteiger partial charge in [0, 0.05) is 17.5 Å². The molecule has 0 aromatic carbocycles. The number of aliphatic carboxylic acids is 1. The Hall–Kier alpha value is -2.99. The van der Waals surface area contributed by atoms with Crippen LogP contribution in [-0.2, 0) is 24.2 Å². The van der Waals surface area contributed by atoms with Gasteiger partial charge >= 0.3 is 5.97 Å². The zero-order valence-electron chi connectivity index (χ0n) is 15.6. The molecule has 1 aromatic rings.